The van der Waals surface area contributed by atoms with Crippen LogP contribution in [0.4, 0.5) is 0 Å². The number of H-pyrrole nitrogens is 1. The summed E-state index contributed by atoms with van der Waals surface area (Å²) in [4.78, 5) is 17.3. The van der Waals surface area contributed by atoms with Crippen molar-refractivity contribution in [3.63, 3.8) is 0 Å². The maximum atomic E-state index is 10.6. The van der Waals surface area contributed by atoms with Crippen molar-refractivity contribution in [3.05, 3.63) is 41.2 Å². The van der Waals surface area contributed by atoms with E-state index in [-0.39, 0.29) is 18.1 Å². The molecule has 2 rings (SSSR count). The number of hydrogen-bond donors (Lipinski definition) is 2. The average molecular weight is 259 g/mol. The standard InChI is InChI=1S/C10H7ClN2O2.ClH/c11-7-3-1-6(2-4-7)9-12-5-8(13-9)10(14)15;/h1-5H,(H,12,13)(H,14,15);1H. The number of hydrogen-bond acceptors (Lipinski definition) is 2. The Balaban J connectivity index is 0.00000128. The van der Waals surface area contributed by atoms with Gasteiger partial charge >= 0.3 is 5.97 Å². The molecule has 0 atom stereocenters. The maximum absolute atomic E-state index is 10.6. The Labute approximate surface area is 103 Å². The summed E-state index contributed by atoms with van der Waals surface area (Å²) >= 11 is 5.73. The number of aromatic nitrogens is 2. The molecule has 0 unspecified atom stereocenters. The van der Waals surface area contributed by atoms with Gasteiger partial charge in [-0.3, -0.25) is 0 Å². The second-order valence-electron chi connectivity index (χ2n) is 2.96. The highest BCUT2D eigenvalue weighted by atomic mass is 35.5. The predicted molar refractivity (Wildman–Crippen MR) is 63.2 cm³/mol. The van der Waals surface area contributed by atoms with Crippen LogP contribution in [0.1, 0.15) is 10.5 Å². The molecule has 0 saturated carbocycles. The maximum Gasteiger partial charge on any atom is 0.353 e. The Hall–Kier alpha value is -1.52. The van der Waals surface area contributed by atoms with Gasteiger partial charge in [0.2, 0.25) is 0 Å². The van der Waals surface area contributed by atoms with E-state index in [0.717, 1.165) is 5.56 Å². The number of aromatic amines is 1. The summed E-state index contributed by atoms with van der Waals surface area (Å²) < 4.78 is 0. The quantitative estimate of drug-likeness (QED) is 0.871. The van der Waals surface area contributed by atoms with Gasteiger partial charge in [0, 0.05) is 10.6 Å². The number of carboxylic acid groups (broad SMARTS) is 1. The highest BCUT2D eigenvalue weighted by molar-refractivity contribution is 6.30. The zero-order chi connectivity index (χ0) is 10.8. The van der Waals surface area contributed by atoms with E-state index in [4.69, 9.17) is 16.7 Å². The van der Waals surface area contributed by atoms with Crippen molar-refractivity contribution in [2.24, 2.45) is 0 Å². The van der Waals surface area contributed by atoms with E-state index in [0.29, 0.717) is 10.8 Å². The second kappa shape index (κ2) is 5.01. The fourth-order valence-corrected chi connectivity index (χ4v) is 1.31. The summed E-state index contributed by atoms with van der Waals surface area (Å²) in [5.41, 5.74) is 0.867. The smallest absolute Gasteiger partial charge is 0.353 e. The molecule has 0 bridgehead atoms. The predicted octanol–water partition coefficient (Wildman–Crippen LogP) is 2.85. The van der Waals surface area contributed by atoms with Crippen molar-refractivity contribution < 1.29 is 9.90 Å². The van der Waals surface area contributed by atoms with Gasteiger partial charge in [0.15, 0.2) is 0 Å². The van der Waals surface area contributed by atoms with Crippen LogP contribution in [0, 0.1) is 0 Å². The highest BCUT2D eigenvalue weighted by Gasteiger charge is 2.08. The van der Waals surface area contributed by atoms with Crippen molar-refractivity contribution in [1.29, 1.82) is 0 Å². The average Bonchev–Trinajstić information content (AvgIpc) is 2.68. The third kappa shape index (κ3) is 2.53. The van der Waals surface area contributed by atoms with Crippen molar-refractivity contribution >= 4 is 30.0 Å². The van der Waals surface area contributed by atoms with Gasteiger partial charge in [-0.1, -0.05) is 11.6 Å². The topological polar surface area (TPSA) is 66.0 Å². The van der Waals surface area contributed by atoms with Gasteiger partial charge < -0.3 is 10.1 Å². The van der Waals surface area contributed by atoms with Crippen molar-refractivity contribution in [3.8, 4) is 11.4 Å². The monoisotopic (exact) mass is 258 g/mol. The molecule has 16 heavy (non-hydrogen) atoms. The van der Waals surface area contributed by atoms with Gasteiger partial charge in [0.25, 0.3) is 0 Å². The number of aromatic carboxylic acids is 1. The van der Waals surface area contributed by atoms with E-state index in [2.05, 4.69) is 9.97 Å². The van der Waals surface area contributed by atoms with Crippen LogP contribution in [-0.2, 0) is 0 Å². The minimum Gasteiger partial charge on any atom is -0.477 e. The van der Waals surface area contributed by atoms with E-state index in [1.165, 1.54) is 6.20 Å². The van der Waals surface area contributed by atoms with E-state index < -0.39 is 5.97 Å². The Kier molecular flexibility index (Phi) is 3.93. The number of carbonyl (C=O) groups is 1. The number of rotatable bonds is 2. The molecule has 0 saturated heterocycles. The lowest BCUT2D eigenvalue weighted by Gasteiger charge is -1.95. The van der Waals surface area contributed by atoms with Gasteiger partial charge in [0.1, 0.15) is 11.5 Å². The lowest BCUT2D eigenvalue weighted by molar-refractivity contribution is 0.0691. The van der Waals surface area contributed by atoms with Crippen molar-refractivity contribution in [1.82, 2.24) is 9.97 Å². The number of nitrogens with one attached hydrogen (secondary N) is 1. The lowest BCUT2D eigenvalue weighted by atomic mass is 10.2. The molecule has 0 radical (unpaired) electrons. The van der Waals surface area contributed by atoms with Crippen LogP contribution in [0.5, 0.6) is 0 Å². The summed E-state index contributed by atoms with van der Waals surface area (Å²) in [6, 6.07) is 6.99. The summed E-state index contributed by atoms with van der Waals surface area (Å²) in [7, 11) is 0. The minimum absolute atomic E-state index is 0. The first-order valence-electron chi connectivity index (χ1n) is 4.21. The summed E-state index contributed by atoms with van der Waals surface area (Å²) in [5.74, 6) is -0.508. The molecule has 1 heterocycles. The van der Waals surface area contributed by atoms with Crippen molar-refractivity contribution in [2.75, 3.05) is 0 Å². The fraction of sp³-hybridized carbons (Fsp3) is 0. The molecule has 1 aromatic heterocycles. The fourth-order valence-electron chi connectivity index (χ4n) is 1.18. The number of halogens is 2. The Morgan fingerprint density at radius 2 is 1.94 bits per heavy atom. The molecular weight excluding hydrogens is 251 g/mol. The van der Waals surface area contributed by atoms with Gasteiger partial charge in [0.05, 0.1) is 6.20 Å². The molecule has 6 heteroatoms. The largest absolute Gasteiger partial charge is 0.477 e. The van der Waals surface area contributed by atoms with E-state index in [9.17, 15) is 4.79 Å². The third-order valence-electron chi connectivity index (χ3n) is 1.92. The molecule has 0 spiro atoms. The van der Waals surface area contributed by atoms with Crippen LogP contribution in [-0.4, -0.2) is 21.0 Å². The molecule has 0 aliphatic rings. The molecule has 0 aliphatic heterocycles. The first kappa shape index (κ1) is 12.5. The number of imidazole rings is 1. The van der Waals surface area contributed by atoms with Crippen LogP contribution in [0.2, 0.25) is 5.02 Å². The van der Waals surface area contributed by atoms with Crippen LogP contribution in [0.25, 0.3) is 11.4 Å². The van der Waals surface area contributed by atoms with E-state index in [1.54, 1.807) is 24.3 Å². The van der Waals surface area contributed by atoms with Gasteiger partial charge in [-0.25, -0.2) is 9.78 Å². The first-order valence-corrected chi connectivity index (χ1v) is 4.59. The van der Waals surface area contributed by atoms with E-state index >= 15 is 0 Å². The molecule has 4 nitrogen and oxygen atoms in total. The van der Waals surface area contributed by atoms with Gasteiger partial charge in [-0.15, -0.1) is 12.4 Å². The van der Waals surface area contributed by atoms with E-state index in [1.807, 2.05) is 0 Å². The first-order chi connectivity index (χ1) is 7.16. The molecule has 2 aromatic rings. The van der Waals surface area contributed by atoms with Gasteiger partial charge in [-0.2, -0.15) is 0 Å². The van der Waals surface area contributed by atoms with Crippen molar-refractivity contribution in [2.45, 2.75) is 0 Å². The van der Waals surface area contributed by atoms with Crippen LogP contribution < -0.4 is 0 Å². The zero-order valence-corrected chi connectivity index (χ0v) is 9.55. The summed E-state index contributed by atoms with van der Waals surface area (Å²) in [5, 5.41) is 9.33. The molecule has 1 aromatic carbocycles. The second-order valence-corrected chi connectivity index (χ2v) is 3.39. The SMILES string of the molecule is Cl.O=C(O)c1cnc(-c2ccc(Cl)cc2)[nH]1. The highest BCUT2D eigenvalue weighted by Crippen LogP contribution is 2.18. The third-order valence-corrected chi connectivity index (χ3v) is 2.18. The van der Waals surface area contributed by atoms with Gasteiger partial charge in [-0.05, 0) is 24.3 Å². The zero-order valence-electron chi connectivity index (χ0n) is 7.98. The number of benzene rings is 1. The number of carboxylic acids is 1. The molecule has 84 valence electrons. The molecule has 0 amide bonds. The molecular formula is C10H8Cl2N2O2. The van der Waals surface area contributed by atoms with Crippen LogP contribution >= 0.6 is 24.0 Å². The lowest BCUT2D eigenvalue weighted by Crippen LogP contribution is -1.95. The summed E-state index contributed by atoms with van der Waals surface area (Å²) in [6.07, 6.45) is 1.28. The Bertz CT molecular complexity index is 494. The Morgan fingerprint density at radius 1 is 1.31 bits per heavy atom. The molecule has 0 fully saturated rings. The Morgan fingerprint density at radius 3 is 2.44 bits per heavy atom. The number of nitrogens with zero attached hydrogens (tertiary/aromatic N) is 1. The molecule has 0 aliphatic carbocycles. The van der Waals surface area contributed by atoms with Crippen LogP contribution in [0.3, 0.4) is 0 Å². The molecule has 2 N–H and O–H groups in total. The normalized spacial score (nSPS) is 9.56. The van der Waals surface area contributed by atoms with Crippen LogP contribution in [0.15, 0.2) is 30.5 Å². The minimum atomic E-state index is -1.03. The summed E-state index contributed by atoms with van der Waals surface area (Å²) in [6.45, 7) is 0.